The quantitative estimate of drug-likeness (QED) is 0.483. The van der Waals surface area contributed by atoms with Crippen LogP contribution < -0.4 is 0 Å². The second-order valence-electron chi connectivity index (χ2n) is 9.19. The second-order valence-corrected chi connectivity index (χ2v) is 10.3. The highest BCUT2D eigenvalue weighted by molar-refractivity contribution is 7.99. The second kappa shape index (κ2) is 9.99. The predicted octanol–water partition coefficient (Wildman–Crippen LogP) is 5.61. The topological polar surface area (TPSA) is 47.3 Å². The van der Waals surface area contributed by atoms with Crippen molar-refractivity contribution < 1.29 is 4.79 Å². The molecule has 3 aromatic carbocycles. The van der Waals surface area contributed by atoms with Crippen LogP contribution in [0.4, 0.5) is 0 Å². The number of nitriles is 1. The van der Waals surface area contributed by atoms with Gasteiger partial charge in [-0.25, -0.2) is 0 Å². The van der Waals surface area contributed by atoms with Gasteiger partial charge in [-0.15, -0.1) is 11.8 Å². The zero-order valence-electron chi connectivity index (χ0n) is 19.9. The van der Waals surface area contributed by atoms with E-state index in [4.69, 9.17) is 0 Å². The molecule has 170 valence electrons. The third kappa shape index (κ3) is 4.93. The molecule has 1 amide bonds. The van der Waals surface area contributed by atoms with Crippen LogP contribution in [0.25, 0.3) is 10.8 Å². The first-order chi connectivity index (χ1) is 15.9. The van der Waals surface area contributed by atoms with Gasteiger partial charge in [-0.05, 0) is 74.4 Å². The first-order valence-electron chi connectivity index (χ1n) is 11.5. The Hall–Kier alpha value is -2.81. The Morgan fingerprint density at radius 1 is 1.12 bits per heavy atom. The van der Waals surface area contributed by atoms with E-state index < -0.39 is 0 Å². The Bertz CT molecular complexity index is 1230. The number of benzene rings is 3. The molecule has 0 N–H and O–H groups in total. The van der Waals surface area contributed by atoms with Crippen molar-refractivity contribution in [3.63, 3.8) is 0 Å². The molecule has 0 unspecified atom stereocenters. The number of thioether (sulfide) groups is 1. The number of fused-ring (bicyclic) bond motifs is 3. The Morgan fingerprint density at radius 2 is 1.91 bits per heavy atom. The highest BCUT2D eigenvalue weighted by Crippen LogP contribution is 2.37. The summed E-state index contributed by atoms with van der Waals surface area (Å²) in [5, 5.41) is 11.7. The molecule has 0 spiro atoms. The highest BCUT2D eigenvalue weighted by Gasteiger charge is 2.29. The highest BCUT2D eigenvalue weighted by atomic mass is 32.2. The minimum Gasteiger partial charge on any atom is -0.337 e. The number of carbonyl (C=O) groups excluding carboxylic acids is 1. The first kappa shape index (κ1) is 23.4. The van der Waals surface area contributed by atoms with E-state index in [9.17, 15) is 10.1 Å². The number of hydrogen-bond acceptors (Lipinski definition) is 4. The molecular weight excluding hydrogens is 426 g/mol. The molecule has 3 aromatic rings. The molecule has 4 nitrogen and oxygen atoms in total. The van der Waals surface area contributed by atoms with Gasteiger partial charge in [-0.1, -0.05) is 42.5 Å². The smallest absolute Gasteiger partial charge is 0.255 e. The maximum absolute atomic E-state index is 13.9. The van der Waals surface area contributed by atoms with Gasteiger partial charge in [0.05, 0.1) is 11.1 Å². The van der Waals surface area contributed by atoms with E-state index in [0.29, 0.717) is 24.2 Å². The van der Waals surface area contributed by atoms with Crippen LogP contribution in [-0.4, -0.2) is 55.2 Å². The van der Waals surface area contributed by atoms with Gasteiger partial charge in [0.1, 0.15) is 6.07 Å². The molecule has 0 aliphatic carbocycles. The van der Waals surface area contributed by atoms with Crippen molar-refractivity contribution in [2.24, 2.45) is 0 Å². The van der Waals surface area contributed by atoms with Crippen LogP contribution in [0.1, 0.15) is 45.0 Å². The van der Waals surface area contributed by atoms with E-state index >= 15 is 0 Å². The summed E-state index contributed by atoms with van der Waals surface area (Å²) in [7, 11) is 4.19. The summed E-state index contributed by atoms with van der Waals surface area (Å²) in [4.78, 5) is 19.0. The van der Waals surface area contributed by atoms with Crippen LogP contribution in [0.15, 0.2) is 53.4 Å². The third-order valence-corrected chi connectivity index (χ3v) is 7.70. The average Bonchev–Trinajstić information content (AvgIpc) is 2.97. The Morgan fingerprint density at radius 3 is 2.64 bits per heavy atom. The molecular formula is C28H31N3OS. The van der Waals surface area contributed by atoms with Crippen molar-refractivity contribution in [3.8, 4) is 6.07 Å². The van der Waals surface area contributed by atoms with Crippen molar-refractivity contribution in [1.29, 1.82) is 5.26 Å². The minimum absolute atomic E-state index is 0.0435. The molecule has 1 atom stereocenters. The van der Waals surface area contributed by atoms with Crippen molar-refractivity contribution in [3.05, 3.63) is 76.3 Å². The van der Waals surface area contributed by atoms with Gasteiger partial charge in [0.15, 0.2) is 0 Å². The lowest BCUT2D eigenvalue weighted by Gasteiger charge is -2.28. The van der Waals surface area contributed by atoms with Gasteiger partial charge in [-0.2, -0.15) is 5.26 Å². The van der Waals surface area contributed by atoms with E-state index in [0.717, 1.165) is 34.4 Å². The molecule has 0 saturated carbocycles. The number of carbonyl (C=O) groups is 1. The normalized spacial score (nSPS) is 14.8. The number of aryl methyl sites for hydroxylation is 2. The molecule has 0 saturated heterocycles. The molecule has 0 fully saturated rings. The van der Waals surface area contributed by atoms with Gasteiger partial charge < -0.3 is 9.80 Å². The molecule has 5 heteroatoms. The maximum Gasteiger partial charge on any atom is 0.255 e. The Balaban J connectivity index is 1.73. The number of hydrogen-bond donors (Lipinski definition) is 0. The summed E-state index contributed by atoms with van der Waals surface area (Å²) in [5.74, 6) is 1.09. The molecule has 33 heavy (non-hydrogen) atoms. The van der Waals surface area contributed by atoms with Crippen molar-refractivity contribution in [2.45, 2.75) is 31.1 Å². The lowest BCUT2D eigenvalue weighted by atomic mass is 9.91. The van der Waals surface area contributed by atoms with Gasteiger partial charge in [0, 0.05) is 29.7 Å². The fourth-order valence-corrected chi connectivity index (χ4v) is 5.65. The minimum atomic E-state index is 0.0435. The SMILES string of the molecule is Cc1ccc([C@H](CCN(C)C)CN2CCSc3c(C#N)cc4ccccc4c3C2=O)cc1C. The van der Waals surface area contributed by atoms with Crippen LogP contribution >= 0.6 is 11.8 Å². The van der Waals surface area contributed by atoms with Crippen LogP contribution in [0.3, 0.4) is 0 Å². The Kier molecular flexibility index (Phi) is 7.07. The van der Waals surface area contributed by atoms with E-state index in [2.05, 4.69) is 57.1 Å². The molecule has 1 heterocycles. The molecule has 4 rings (SSSR count). The number of amides is 1. The summed E-state index contributed by atoms with van der Waals surface area (Å²) >= 11 is 1.64. The van der Waals surface area contributed by atoms with E-state index in [1.54, 1.807) is 11.8 Å². The summed E-state index contributed by atoms with van der Waals surface area (Å²) in [6.07, 6.45) is 0.984. The van der Waals surface area contributed by atoms with Crippen LogP contribution in [0.5, 0.6) is 0 Å². The van der Waals surface area contributed by atoms with Crippen molar-refractivity contribution in [1.82, 2.24) is 9.80 Å². The summed E-state index contributed by atoms with van der Waals surface area (Å²) in [6, 6.07) is 18.8. The number of nitrogens with zero attached hydrogens (tertiary/aromatic N) is 3. The predicted molar refractivity (Wildman–Crippen MR) is 137 cm³/mol. The standard InChI is InChI=1S/C28H31N3OS/c1-19-9-10-21(15-20(19)2)23(11-12-30(3)4)18-31-13-14-33-27-24(17-29)16-22-7-5-6-8-25(22)26(27)28(31)32/h5-10,15-16,23H,11-14,18H2,1-4H3/t23-/m1/s1. The summed E-state index contributed by atoms with van der Waals surface area (Å²) in [5.41, 5.74) is 5.16. The summed E-state index contributed by atoms with van der Waals surface area (Å²) < 4.78 is 0. The molecule has 0 bridgehead atoms. The van der Waals surface area contributed by atoms with Crippen LogP contribution in [0, 0.1) is 25.2 Å². The lowest BCUT2D eigenvalue weighted by Crippen LogP contribution is -2.36. The fraction of sp³-hybridized carbons (Fsp3) is 0.357. The van der Waals surface area contributed by atoms with Crippen LogP contribution in [-0.2, 0) is 0 Å². The van der Waals surface area contributed by atoms with Gasteiger partial charge in [0.25, 0.3) is 5.91 Å². The molecule has 1 aliphatic rings. The van der Waals surface area contributed by atoms with Crippen LogP contribution in [0.2, 0.25) is 0 Å². The van der Waals surface area contributed by atoms with Crippen molar-refractivity contribution >= 4 is 28.4 Å². The number of rotatable bonds is 6. The van der Waals surface area contributed by atoms with E-state index in [1.807, 2.05) is 35.2 Å². The van der Waals surface area contributed by atoms with Gasteiger partial charge in [0.2, 0.25) is 0 Å². The van der Waals surface area contributed by atoms with E-state index in [1.165, 1.54) is 16.7 Å². The maximum atomic E-state index is 13.9. The largest absolute Gasteiger partial charge is 0.337 e. The lowest BCUT2D eigenvalue weighted by molar-refractivity contribution is 0.0754. The van der Waals surface area contributed by atoms with Gasteiger partial charge >= 0.3 is 0 Å². The summed E-state index contributed by atoms with van der Waals surface area (Å²) in [6.45, 7) is 6.62. The fourth-order valence-electron chi connectivity index (χ4n) is 4.53. The monoisotopic (exact) mass is 457 g/mol. The van der Waals surface area contributed by atoms with Crippen molar-refractivity contribution in [2.75, 3.05) is 39.5 Å². The molecule has 0 radical (unpaired) electrons. The molecule has 1 aliphatic heterocycles. The zero-order valence-corrected chi connectivity index (χ0v) is 20.7. The third-order valence-electron chi connectivity index (χ3n) is 6.60. The Labute approximate surface area is 201 Å². The van der Waals surface area contributed by atoms with E-state index in [-0.39, 0.29) is 11.8 Å². The van der Waals surface area contributed by atoms with Gasteiger partial charge in [-0.3, -0.25) is 4.79 Å². The first-order valence-corrected chi connectivity index (χ1v) is 12.5. The molecule has 0 aromatic heterocycles. The average molecular weight is 458 g/mol. The zero-order chi connectivity index (χ0) is 23.5.